The molecule has 2 nitrogen and oxygen atoms in total. The molecule has 2 heteroatoms. The highest BCUT2D eigenvalue weighted by molar-refractivity contribution is 5.37. The monoisotopic (exact) mass is 221 g/mol. The largest absolute Gasteiger partial charge is 0.508 e. The Balaban J connectivity index is 2.58. The van der Waals surface area contributed by atoms with Crippen LogP contribution < -0.4 is 5.32 Å². The molecule has 0 aliphatic heterocycles. The summed E-state index contributed by atoms with van der Waals surface area (Å²) in [5, 5.41) is 13.2. The molecule has 0 spiro atoms. The van der Waals surface area contributed by atoms with E-state index in [9.17, 15) is 5.11 Å². The lowest BCUT2D eigenvalue weighted by Crippen LogP contribution is -2.21. The molecule has 0 aliphatic rings. The molecule has 1 rings (SSSR count). The van der Waals surface area contributed by atoms with Crippen molar-refractivity contribution in [1.29, 1.82) is 0 Å². The molecule has 2 N–H and O–H groups in total. The zero-order valence-electron chi connectivity index (χ0n) is 10.7. The summed E-state index contributed by atoms with van der Waals surface area (Å²) in [6.45, 7) is 9.57. The minimum Gasteiger partial charge on any atom is -0.508 e. The number of rotatable bonds is 5. The minimum absolute atomic E-state index is 0.207. The Morgan fingerprint density at radius 2 is 1.94 bits per heavy atom. The predicted octanol–water partition coefficient (Wildman–Crippen LogP) is 3.40. The van der Waals surface area contributed by atoms with E-state index in [4.69, 9.17) is 0 Å². The third kappa shape index (κ3) is 3.86. The highest BCUT2D eigenvalue weighted by Crippen LogP contribution is 2.24. The maximum atomic E-state index is 9.77. The second kappa shape index (κ2) is 5.90. The maximum absolute atomic E-state index is 9.77. The molecular formula is C14H23NO. The topological polar surface area (TPSA) is 32.3 Å². The number of hydrogen-bond acceptors (Lipinski definition) is 2. The second-order valence-corrected chi connectivity index (χ2v) is 4.92. The Morgan fingerprint density at radius 3 is 2.56 bits per heavy atom. The molecule has 1 atom stereocenters. The fraction of sp³-hybridized carbons (Fsp3) is 0.571. The van der Waals surface area contributed by atoms with Gasteiger partial charge in [-0.05, 0) is 38.8 Å². The van der Waals surface area contributed by atoms with E-state index in [0.29, 0.717) is 11.7 Å². The van der Waals surface area contributed by atoms with Gasteiger partial charge in [-0.3, -0.25) is 0 Å². The van der Waals surface area contributed by atoms with Gasteiger partial charge in [0.2, 0.25) is 0 Å². The van der Waals surface area contributed by atoms with Crippen molar-refractivity contribution < 1.29 is 5.11 Å². The van der Waals surface area contributed by atoms with Crippen LogP contribution in [-0.2, 0) is 0 Å². The van der Waals surface area contributed by atoms with Gasteiger partial charge >= 0.3 is 0 Å². The zero-order valence-corrected chi connectivity index (χ0v) is 10.7. The number of hydrogen-bond donors (Lipinski definition) is 2. The molecule has 0 fully saturated rings. The molecule has 0 saturated carbocycles. The molecule has 1 aromatic rings. The summed E-state index contributed by atoms with van der Waals surface area (Å²) in [4.78, 5) is 0. The van der Waals surface area contributed by atoms with Crippen LogP contribution in [0.5, 0.6) is 5.75 Å². The summed E-state index contributed by atoms with van der Waals surface area (Å²) in [6, 6.07) is 5.95. The van der Waals surface area contributed by atoms with Crippen LogP contribution in [0.2, 0.25) is 0 Å². The lowest BCUT2D eigenvalue weighted by Gasteiger charge is -2.17. The van der Waals surface area contributed by atoms with Gasteiger partial charge in [0.25, 0.3) is 0 Å². The molecule has 1 unspecified atom stereocenters. The van der Waals surface area contributed by atoms with Gasteiger partial charge in [0.15, 0.2) is 0 Å². The van der Waals surface area contributed by atoms with Gasteiger partial charge in [0, 0.05) is 11.6 Å². The van der Waals surface area contributed by atoms with Crippen LogP contribution in [0.3, 0.4) is 0 Å². The SMILES string of the molecule is Cc1ccc(O)c(C(C)NCCC(C)C)c1. The van der Waals surface area contributed by atoms with Crippen molar-refractivity contribution in [2.24, 2.45) is 5.92 Å². The summed E-state index contributed by atoms with van der Waals surface area (Å²) >= 11 is 0. The van der Waals surface area contributed by atoms with Gasteiger partial charge in [-0.25, -0.2) is 0 Å². The normalized spacial score (nSPS) is 13.1. The van der Waals surface area contributed by atoms with Crippen LogP contribution in [0.15, 0.2) is 18.2 Å². The van der Waals surface area contributed by atoms with Crippen LogP contribution in [0.1, 0.15) is 44.4 Å². The number of aryl methyl sites for hydroxylation is 1. The molecule has 16 heavy (non-hydrogen) atoms. The van der Waals surface area contributed by atoms with E-state index >= 15 is 0 Å². The molecule has 0 amide bonds. The highest BCUT2D eigenvalue weighted by Gasteiger charge is 2.09. The lowest BCUT2D eigenvalue weighted by atomic mass is 10.0. The van der Waals surface area contributed by atoms with Crippen molar-refractivity contribution in [1.82, 2.24) is 5.32 Å². The summed E-state index contributed by atoms with van der Waals surface area (Å²) in [7, 11) is 0. The molecule has 0 saturated heterocycles. The molecule has 0 aliphatic carbocycles. The van der Waals surface area contributed by atoms with Crippen LogP contribution >= 0.6 is 0 Å². The zero-order chi connectivity index (χ0) is 12.1. The smallest absolute Gasteiger partial charge is 0.120 e. The first-order valence-corrected chi connectivity index (χ1v) is 6.03. The first-order chi connectivity index (χ1) is 7.50. The fourth-order valence-corrected chi connectivity index (χ4v) is 1.72. The van der Waals surface area contributed by atoms with Crippen LogP contribution in [0.4, 0.5) is 0 Å². The summed E-state index contributed by atoms with van der Waals surface area (Å²) in [5.74, 6) is 1.10. The number of benzene rings is 1. The highest BCUT2D eigenvalue weighted by atomic mass is 16.3. The van der Waals surface area contributed by atoms with Crippen LogP contribution in [-0.4, -0.2) is 11.7 Å². The summed E-state index contributed by atoms with van der Waals surface area (Å²) < 4.78 is 0. The van der Waals surface area contributed by atoms with Gasteiger partial charge in [-0.2, -0.15) is 0 Å². The quantitative estimate of drug-likeness (QED) is 0.798. The van der Waals surface area contributed by atoms with Crippen molar-refractivity contribution in [3.8, 4) is 5.75 Å². The van der Waals surface area contributed by atoms with E-state index in [2.05, 4.69) is 26.1 Å². The van der Waals surface area contributed by atoms with Crippen molar-refractivity contribution in [2.45, 2.75) is 40.2 Å². The number of phenols is 1. The van der Waals surface area contributed by atoms with Gasteiger partial charge < -0.3 is 10.4 Å². The van der Waals surface area contributed by atoms with Gasteiger partial charge in [0.05, 0.1) is 0 Å². The van der Waals surface area contributed by atoms with Crippen LogP contribution in [0.25, 0.3) is 0 Å². The standard InChI is InChI=1S/C14H23NO/c1-10(2)7-8-15-12(4)13-9-11(3)5-6-14(13)16/h5-6,9-10,12,15-16H,7-8H2,1-4H3. The minimum atomic E-state index is 0.207. The van der Waals surface area contributed by atoms with Gasteiger partial charge in [0.1, 0.15) is 5.75 Å². The van der Waals surface area contributed by atoms with Crippen LogP contribution in [0, 0.1) is 12.8 Å². The molecule has 0 heterocycles. The number of nitrogens with one attached hydrogen (secondary N) is 1. The van der Waals surface area contributed by atoms with E-state index < -0.39 is 0 Å². The number of phenolic OH excluding ortho intramolecular Hbond substituents is 1. The third-order valence-electron chi connectivity index (χ3n) is 2.82. The third-order valence-corrected chi connectivity index (χ3v) is 2.82. The van der Waals surface area contributed by atoms with E-state index in [1.54, 1.807) is 6.07 Å². The fourth-order valence-electron chi connectivity index (χ4n) is 1.72. The van der Waals surface area contributed by atoms with E-state index in [0.717, 1.165) is 18.5 Å². The first kappa shape index (κ1) is 13.0. The van der Waals surface area contributed by atoms with E-state index in [1.807, 2.05) is 19.1 Å². The lowest BCUT2D eigenvalue weighted by molar-refractivity contribution is 0.445. The molecule has 1 aromatic carbocycles. The first-order valence-electron chi connectivity index (χ1n) is 6.03. The second-order valence-electron chi connectivity index (χ2n) is 4.92. The van der Waals surface area contributed by atoms with Crippen molar-refractivity contribution in [3.05, 3.63) is 29.3 Å². The Morgan fingerprint density at radius 1 is 1.25 bits per heavy atom. The number of aromatic hydroxyl groups is 1. The molecular weight excluding hydrogens is 198 g/mol. The predicted molar refractivity (Wildman–Crippen MR) is 68.7 cm³/mol. The molecule has 90 valence electrons. The Labute approximate surface area is 98.7 Å². The van der Waals surface area contributed by atoms with Gasteiger partial charge in [-0.1, -0.05) is 31.5 Å². The average Bonchev–Trinajstić information content (AvgIpc) is 2.21. The van der Waals surface area contributed by atoms with E-state index in [-0.39, 0.29) is 6.04 Å². The van der Waals surface area contributed by atoms with Crippen molar-refractivity contribution in [3.63, 3.8) is 0 Å². The molecule has 0 radical (unpaired) electrons. The Kier molecular flexibility index (Phi) is 4.81. The Bertz CT molecular complexity index is 334. The van der Waals surface area contributed by atoms with Gasteiger partial charge in [-0.15, -0.1) is 0 Å². The average molecular weight is 221 g/mol. The maximum Gasteiger partial charge on any atom is 0.120 e. The molecule has 0 bridgehead atoms. The van der Waals surface area contributed by atoms with Crippen molar-refractivity contribution in [2.75, 3.05) is 6.54 Å². The van der Waals surface area contributed by atoms with E-state index in [1.165, 1.54) is 5.56 Å². The summed E-state index contributed by atoms with van der Waals surface area (Å²) in [5.41, 5.74) is 2.18. The molecule has 0 aromatic heterocycles. The Hall–Kier alpha value is -1.02. The van der Waals surface area contributed by atoms with Crippen molar-refractivity contribution >= 4 is 0 Å². The summed E-state index contributed by atoms with van der Waals surface area (Å²) in [6.07, 6.45) is 1.16.